The van der Waals surface area contributed by atoms with Crippen LogP contribution in [-0.2, 0) is 9.59 Å². The second kappa shape index (κ2) is 8.38. The lowest BCUT2D eigenvalue weighted by Crippen LogP contribution is -2.03. The minimum Gasteiger partial charge on any atom is -0.426 e. The average Bonchev–Trinajstić information content (AvgIpc) is 2.53. The Morgan fingerprint density at radius 3 is 1.50 bits per heavy atom. The van der Waals surface area contributed by atoms with Gasteiger partial charge in [-0.25, -0.2) is 0 Å². The van der Waals surface area contributed by atoms with Crippen molar-refractivity contribution in [2.75, 3.05) is 0 Å². The number of benzene rings is 2. The van der Waals surface area contributed by atoms with Crippen molar-refractivity contribution >= 4 is 24.4 Å². The molecule has 0 fully saturated rings. The highest BCUT2D eigenvalue weighted by atomic mass is 16.5. The first kappa shape index (κ1) is 17.1. The molecule has 0 amide bonds. The minimum atomic E-state index is -0.408. The topological polar surface area (TPSA) is 77.3 Å². The van der Waals surface area contributed by atoms with Gasteiger partial charge in [-0.3, -0.25) is 9.59 Å². The highest BCUT2D eigenvalue weighted by Crippen LogP contribution is 2.17. The molecular weight excluding hydrogens is 308 g/mol. The molecule has 0 aliphatic carbocycles. The van der Waals surface area contributed by atoms with Gasteiger partial charge in [0, 0.05) is 25.0 Å². The molecule has 122 valence electrons. The Morgan fingerprint density at radius 2 is 1.12 bits per heavy atom. The second-order valence-electron chi connectivity index (χ2n) is 4.75. The monoisotopic (exact) mass is 324 g/mol. The van der Waals surface area contributed by atoms with Crippen molar-refractivity contribution in [1.82, 2.24) is 0 Å². The molecule has 2 aromatic carbocycles. The van der Waals surface area contributed by atoms with Crippen LogP contribution in [0.4, 0.5) is 0 Å². The van der Waals surface area contributed by atoms with Gasteiger partial charge in [-0.15, -0.1) is 0 Å². The van der Waals surface area contributed by atoms with E-state index in [1.54, 1.807) is 48.5 Å². The molecule has 0 radical (unpaired) electrons. The predicted octanol–water partition coefficient (Wildman–Crippen LogP) is 2.99. The van der Waals surface area contributed by atoms with E-state index in [4.69, 9.17) is 9.47 Å². The lowest BCUT2D eigenvalue weighted by atomic mass is 10.2. The largest absolute Gasteiger partial charge is 0.426 e. The summed E-state index contributed by atoms with van der Waals surface area (Å²) in [7, 11) is 0. The van der Waals surface area contributed by atoms with Crippen LogP contribution in [0.3, 0.4) is 0 Å². The van der Waals surface area contributed by atoms with E-state index < -0.39 is 11.9 Å². The van der Waals surface area contributed by atoms with Gasteiger partial charge >= 0.3 is 11.9 Å². The van der Waals surface area contributed by atoms with Crippen LogP contribution in [0.5, 0.6) is 11.5 Å². The zero-order chi connectivity index (χ0) is 17.4. The van der Waals surface area contributed by atoms with Crippen molar-refractivity contribution in [2.24, 2.45) is 10.2 Å². The molecule has 0 spiro atoms. The Balaban J connectivity index is 2.14. The highest BCUT2D eigenvalue weighted by molar-refractivity contribution is 5.88. The smallest absolute Gasteiger partial charge is 0.308 e. The molecule has 2 aromatic rings. The van der Waals surface area contributed by atoms with Crippen molar-refractivity contribution in [1.29, 1.82) is 0 Å². The van der Waals surface area contributed by atoms with Crippen molar-refractivity contribution in [2.45, 2.75) is 13.8 Å². The lowest BCUT2D eigenvalue weighted by molar-refractivity contribution is -0.132. The standard InChI is InChI=1S/C18H16N2O4/c1-13(21)23-17-9-5-3-7-15(17)11-19-20-12-16-8-4-6-10-18(16)24-14(2)22/h3-12H,1-2H3/b19-11+,20-12+. The third-order valence-electron chi connectivity index (χ3n) is 2.81. The zero-order valence-electron chi connectivity index (χ0n) is 13.3. The fourth-order valence-corrected chi connectivity index (χ4v) is 1.86. The maximum absolute atomic E-state index is 11.1. The van der Waals surface area contributed by atoms with E-state index >= 15 is 0 Å². The van der Waals surface area contributed by atoms with E-state index in [1.165, 1.54) is 26.3 Å². The first-order chi connectivity index (χ1) is 11.6. The summed E-state index contributed by atoms with van der Waals surface area (Å²) in [6.45, 7) is 2.66. The molecule has 6 nitrogen and oxygen atoms in total. The van der Waals surface area contributed by atoms with Gasteiger partial charge < -0.3 is 9.47 Å². The molecule has 2 rings (SSSR count). The summed E-state index contributed by atoms with van der Waals surface area (Å²) in [6, 6.07) is 14.0. The van der Waals surface area contributed by atoms with Crippen LogP contribution in [-0.4, -0.2) is 24.4 Å². The van der Waals surface area contributed by atoms with Crippen LogP contribution >= 0.6 is 0 Å². The summed E-state index contributed by atoms with van der Waals surface area (Å²) >= 11 is 0. The third kappa shape index (κ3) is 5.17. The average molecular weight is 324 g/mol. The van der Waals surface area contributed by atoms with Crippen molar-refractivity contribution in [3.63, 3.8) is 0 Å². The van der Waals surface area contributed by atoms with E-state index in [1.807, 2.05) is 0 Å². The Morgan fingerprint density at radius 1 is 0.750 bits per heavy atom. The quantitative estimate of drug-likeness (QED) is 0.367. The normalized spacial score (nSPS) is 10.9. The van der Waals surface area contributed by atoms with Crippen LogP contribution in [0.1, 0.15) is 25.0 Å². The summed E-state index contributed by atoms with van der Waals surface area (Å²) in [5, 5.41) is 7.88. The molecule has 0 bridgehead atoms. The summed E-state index contributed by atoms with van der Waals surface area (Å²) in [4.78, 5) is 22.1. The van der Waals surface area contributed by atoms with Crippen molar-refractivity contribution in [3.05, 3.63) is 59.7 Å². The Hall–Kier alpha value is -3.28. The van der Waals surface area contributed by atoms with Gasteiger partial charge in [0.05, 0.1) is 12.4 Å². The molecule has 0 aliphatic heterocycles. The molecule has 0 aromatic heterocycles. The van der Waals surface area contributed by atoms with E-state index in [9.17, 15) is 9.59 Å². The molecular formula is C18H16N2O4. The van der Waals surface area contributed by atoms with Crippen LogP contribution in [0.25, 0.3) is 0 Å². The maximum Gasteiger partial charge on any atom is 0.308 e. The van der Waals surface area contributed by atoms with E-state index in [0.717, 1.165) is 0 Å². The van der Waals surface area contributed by atoms with E-state index in [2.05, 4.69) is 10.2 Å². The van der Waals surface area contributed by atoms with Gasteiger partial charge in [0.2, 0.25) is 0 Å². The van der Waals surface area contributed by atoms with Crippen molar-refractivity contribution in [3.8, 4) is 11.5 Å². The predicted molar refractivity (Wildman–Crippen MR) is 90.7 cm³/mol. The van der Waals surface area contributed by atoms with Crippen LogP contribution in [0, 0.1) is 0 Å². The van der Waals surface area contributed by atoms with Gasteiger partial charge in [0.1, 0.15) is 11.5 Å². The van der Waals surface area contributed by atoms with Gasteiger partial charge in [-0.05, 0) is 24.3 Å². The van der Waals surface area contributed by atoms with Gasteiger partial charge in [0.25, 0.3) is 0 Å². The molecule has 0 aliphatic rings. The number of nitrogens with zero attached hydrogens (tertiary/aromatic N) is 2. The van der Waals surface area contributed by atoms with Gasteiger partial charge in [0.15, 0.2) is 0 Å². The molecule has 6 heteroatoms. The number of carbonyl (C=O) groups excluding carboxylic acids is 2. The SMILES string of the molecule is CC(=O)Oc1ccccc1/C=N/N=C/c1ccccc1OC(C)=O. The van der Waals surface area contributed by atoms with Crippen LogP contribution < -0.4 is 9.47 Å². The molecule has 24 heavy (non-hydrogen) atoms. The Labute approximate surface area is 139 Å². The number of esters is 2. The fourth-order valence-electron chi connectivity index (χ4n) is 1.86. The number of carbonyl (C=O) groups is 2. The molecule has 0 N–H and O–H groups in total. The summed E-state index contributed by atoms with van der Waals surface area (Å²) in [5.74, 6) is -0.00199. The van der Waals surface area contributed by atoms with E-state index in [0.29, 0.717) is 22.6 Å². The first-order valence-corrected chi connectivity index (χ1v) is 7.17. The highest BCUT2D eigenvalue weighted by Gasteiger charge is 2.04. The van der Waals surface area contributed by atoms with E-state index in [-0.39, 0.29) is 0 Å². The number of ether oxygens (including phenoxy) is 2. The third-order valence-corrected chi connectivity index (χ3v) is 2.81. The summed E-state index contributed by atoms with van der Waals surface area (Å²) in [5.41, 5.74) is 1.25. The zero-order valence-corrected chi connectivity index (χ0v) is 13.3. The number of hydrogen-bond acceptors (Lipinski definition) is 6. The Kier molecular flexibility index (Phi) is 5.96. The second-order valence-corrected chi connectivity index (χ2v) is 4.75. The fraction of sp³-hybridized carbons (Fsp3) is 0.111. The maximum atomic E-state index is 11.1. The first-order valence-electron chi connectivity index (χ1n) is 7.17. The van der Waals surface area contributed by atoms with Gasteiger partial charge in [-0.2, -0.15) is 10.2 Å². The summed E-state index contributed by atoms with van der Waals surface area (Å²) in [6.07, 6.45) is 2.95. The molecule has 0 heterocycles. The number of rotatable bonds is 5. The van der Waals surface area contributed by atoms with Crippen LogP contribution in [0.15, 0.2) is 58.7 Å². The molecule has 0 unspecified atom stereocenters. The lowest BCUT2D eigenvalue weighted by Gasteiger charge is -2.04. The Bertz CT molecular complexity index is 730. The number of hydrogen-bond donors (Lipinski definition) is 0. The number of para-hydroxylation sites is 2. The molecule has 0 saturated heterocycles. The molecule has 0 saturated carbocycles. The minimum absolute atomic E-state index is 0.407. The summed E-state index contributed by atoms with van der Waals surface area (Å²) < 4.78 is 10.2. The van der Waals surface area contributed by atoms with Crippen molar-refractivity contribution < 1.29 is 19.1 Å². The van der Waals surface area contributed by atoms with Gasteiger partial charge in [-0.1, -0.05) is 24.3 Å². The van der Waals surface area contributed by atoms with Crippen LogP contribution in [0.2, 0.25) is 0 Å². The molecule has 0 atom stereocenters.